The third-order valence-corrected chi connectivity index (χ3v) is 5.19. The van der Waals surface area contributed by atoms with Crippen LogP contribution in [0.4, 0.5) is 5.69 Å². The topological polar surface area (TPSA) is 90.0 Å². The van der Waals surface area contributed by atoms with Crippen LogP contribution < -0.4 is 5.32 Å². The Hall–Kier alpha value is -2.87. The molecule has 0 saturated heterocycles. The van der Waals surface area contributed by atoms with Gasteiger partial charge in [-0.05, 0) is 44.5 Å². The lowest BCUT2D eigenvalue weighted by molar-refractivity contribution is -0.116. The van der Waals surface area contributed by atoms with Gasteiger partial charge in [0.2, 0.25) is 5.91 Å². The van der Waals surface area contributed by atoms with E-state index in [1.165, 1.54) is 6.92 Å². The molecule has 0 aliphatic heterocycles. The van der Waals surface area contributed by atoms with Crippen molar-refractivity contribution < 1.29 is 14.0 Å². The molecule has 0 saturated carbocycles. The Bertz CT molecular complexity index is 950. The molecule has 0 aliphatic carbocycles. The predicted molar refractivity (Wildman–Crippen MR) is 108 cm³/mol. The van der Waals surface area contributed by atoms with Gasteiger partial charge in [-0.3, -0.25) is 14.2 Å². The van der Waals surface area contributed by atoms with Crippen molar-refractivity contribution in [2.75, 3.05) is 11.1 Å². The molecule has 146 valence electrons. The zero-order valence-electron chi connectivity index (χ0n) is 15.8. The van der Waals surface area contributed by atoms with Crippen LogP contribution >= 0.6 is 11.8 Å². The number of nitrogens with zero attached hydrogens (tertiary/aromatic N) is 3. The van der Waals surface area contributed by atoms with E-state index in [0.29, 0.717) is 35.7 Å². The maximum Gasteiger partial charge on any atom is 0.224 e. The van der Waals surface area contributed by atoms with E-state index in [9.17, 15) is 9.59 Å². The van der Waals surface area contributed by atoms with Gasteiger partial charge in [0, 0.05) is 24.3 Å². The van der Waals surface area contributed by atoms with Crippen molar-refractivity contribution in [2.24, 2.45) is 0 Å². The molecule has 2 heterocycles. The third-order valence-electron chi connectivity index (χ3n) is 4.13. The van der Waals surface area contributed by atoms with Crippen LogP contribution in [0.1, 0.15) is 37.0 Å². The second-order valence-corrected chi connectivity index (χ2v) is 7.19. The third kappa shape index (κ3) is 4.69. The summed E-state index contributed by atoms with van der Waals surface area (Å²) in [6.45, 7) is 4.25. The normalized spacial score (nSPS) is 10.8. The fourth-order valence-corrected chi connectivity index (χ4v) is 3.72. The smallest absolute Gasteiger partial charge is 0.224 e. The SMILES string of the molecule is CCn1c(SCCCC(=O)Nc2ccccc2C(C)=O)nnc1-c1ccco1. The summed E-state index contributed by atoms with van der Waals surface area (Å²) < 4.78 is 7.40. The van der Waals surface area contributed by atoms with E-state index in [-0.39, 0.29) is 11.7 Å². The van der Waals surface area contributed by atoms with Crippen LogP contribution in [-0.2, 0) is 11.3 Å². The molecule has 0 spiro atoms. The fourth-order valence-electron chi connectivity index (χ4n) is 2.78. The van der Waals surface area contributed by atoms with E-state index in [0.717, 1.165) is 17.5 Å². The van der Waals surface area contributed by atoms with Crippen LogP contribution in [0.25, 0.3) is 11.6 Å². The molecule has 2 aromatic heterocycles. The predicted octanol–water partition coefficient (Wildman–Crippen LogP) is 4.27. The number of carbonyl (C=O) groups is 2. The molecule has 0 fully saturated rings. The second kappa shape index (κ2) is 9.36. The minimum atomic E-state index is -0.109. The summed E-state index contributed by atoms with van der Waals surface area (Å²) in [6, 6.07) is 10.7. The lowest BCUT2D eigenvalue weighted by Crippen LogP contribution is -2.14. The van der Waals surface area contributed by atoms with E-state index in [4.69, 9.17) is 4.42 Å². The highest BCUT2D eigenvalue weighted by molar-refractivity contribution is 7.99. The largest absolute Gasteiger partial charge is 0.461 e. The first-order chi connectivity index (χ1) is 13.6. The molecule has 3 rings (SSSR count). The van der Waals surface area contributed by atoms with Crippen LogP contribution in [0.3, 0.4) is 0 Å². The lowest BCUT2D eigenvalue weighted by atomic mass is 10.1. The molecule has 1 aromatic carbocycles. The highest BCUT2D eigenvalue weighted by Gasteiger charge is 2.15. The van der Waals surface area contributed by atoms with Crippen molar-refractivity contribution in [3.8, 4) is 11.6 Å². The summed E-state index contributed by atoms with van der Waals surface area (Å²) in [5.74, 6) is 1.94. The van der Waals surface area contributed by atoms with E-state index < -0.39 is 0 Å². The standard InChI is InChI=1S/C20H22N4O3S/c1-3-24-19(17-10-6-12-27-17)22-23-20(24)28-13-7-11-18(26)21-16-9-5-4-8-15(16)14(2)25/h4-6,8-10,12H,3,7,11,13H2,1-2H3,(H,21,26). The summed E-state index contributed by atoms with van der Waals surface area (Å²) in [5.41, 5.74) is 1.08. The molecule has 0 aliphatic rings. The van der Waals surface area contributed by atoms with Gasteiger partial charge in [-0.1, -0.05) is 23.9 Å². The molecule has 0 unspecified atom stereocenters. The molecule has 28 heavy (non-hydrogen) atoms. The number of Topliss-reactive ketones (excluding diaryl/α,β-unsaturated/α-hetero) is 1. The number of anilines is 1. The summed E-state index contributed by atoms with van der Waals surface area (Å²) in [7, 11) is 0. The Labute approximate surface area is 167 Å². The first kappa shape index (κ1) is 19.9. The van der Waals surface area contributed by atoms with Crippen molar-refractivity contribution in [3.63, 3.8) is 0 Å². The first-order valence-corrected chi connectivity index (χ1v) is 10.1. The van der Waals surface area contributed by atoms with Crippen molar-refractivity contribution in [2.45, 2.75) is 38.4 Å². The van der Waals surface area contributed by atoms with Crippen LogP contribution in [0.5, 0.6) is 0 Å². The number of nitrogens with one attached hydrogen (secondary N) is 1. The Kier molecular flexibility index (Phi) is 6.65. The minimum Gasteiger partial charge on any atom is -0.461 e. The van der Waals surface area contributed by atoms with Crippen LogP contribution in [0.15, 0.2) is 52.2 Å². The maximum absolute atomic E-state index is 12.2. The summed E-state index contributed by atoms with van der Waals surface area (Å²) in [6.07, 6.45) is 2.66. The quantitative estimate of drug-likeness (QED) is 0.329. The van der Waals surface area contributed by atoms with Gasteiger partial charge < -0.3 is 9.73 Å². The van der Waals surface area contributed by atoms with Crippen LogP contribution in [0, 0.1) is 0 Å². The minimum absolute atomic E-state index is 0.0716. The van der Waals surface area contributed by atoms with Gasteiger partial charge in [0.25, 0.3) is 0 Å². The Balaban J connectivity index is 1.51. The Morgan fingerprint density at radius 1 is 1.18 bits per heavy atom. The molecule has 0 radical (unpaired) electrons. The number of furan rings is 1. The summed E-state index contributed by atoms with van der Waals surface area (Å²) in [4.78, 5) is 23.8. The van der Waals surface area contributed by atoms with Gasteiger partial charge in [0.15, 0.2) is 22.5 Å². The number of benzene rings is 1. The molecular formula is C20H22N4O3S. The number of hydrogen-bond acceptors (Lipinski definition) is 6. The van der Waals surface area contributed by atoms with Crippen molar-refractivity contribution in [1.82, 2.24) is 14.8 Å². The van der Waals surface area contributed by atoms with E-state index in [1.54, 1.807) is 42.3 Å². The number of hydrogen-bond donors (Lipinski definition) is 1. The van der Waals surface area contributed by atoms with Crippen molar-refractivity contribution >= 4 is 29.1 Å². The number of carbonyl (C=O) groups excluding carboxylic acids is 2. The monoisotopic (exact) mass is 398 g/mol. The maximum atomic E-state index is 12.2. The number of thioether (sulfide) groups is 1. The van der Waals surface area contributed by atoms with Crippen molar-refractivity contribution in [1.29, 1.82) is 0 Å². The second-order valence-electron chi connectivity index (χ2n) is 6.13. The molecule has 3 aromatic rings. The van der Waals surface area contributed by atoms with E-state index in [2.05, 4.69) is 15.5 Å². The molecular weight excluding hydrogens is 376 g/mol. The van der Waals surface area contributed by atoms with E-state index in [1.807, 2.05) is 23.6 Å². The number of aromatic nitrogens is 3. The average Bonchev–Trinajstić information content (AvgIpc) is 3.34. The molecule has 1 amide bonds. The van der Waals surface area contributed by atoms with Crippen molar-refractivity contribution in [3.05, 3.63) is 48.2 Å². The molecule has 1 N–H and O–H groups in total. The zero-order chi connectivity index (χ0) is 19.9. The highest BCUT2D eigenvalue weighted by atomic mass is 32.2. The van der Waals surface area contributed by atoms with Gasteiger partial charge in [-0.2, -0.15) is 0 Å². The van der Waals surface area contributed by atoms with Gasteiger partial charge in [-0.15, -0.1) is 10.2 Å². The van der Waals surface area contributed by atoms with Gasteiger partial charge in [0.05, 0.1) is 12.0 Å². The molecule has 0 atom stereocenters. The van der Waals surface area contributed by atoms with Crippen LogP contribution in [0.2, 0.25) is 0 Å². The van der Waals surface area contributed by atoms with Gasteiger partial charge in [-0.25, -0.2) is 0 Å². The fraction of sp³-hybridized carbons (Fsp3) is 0.300. The molecule has 7 nitrogen and oxygen atoms in total. The summed E-state index contributed by atoms with van der Waals surface area (Å²) >= 11 is 1.56. The highest BCUT2D eigenvalue weighted by Crippen LogP contribution is 2.25. The van der Waals surface area contributed by atoms with Gasteiger partial charge >= 0.3 is 0 Å². The van der Waals surface area contributed by atoms with Crippen LogP contribution in [-0.4, -0.2) is 32.2 Å². The average molecular weight is 398 g/mol. The lowest BCUT2D eigenvalue weighted by Gasteiger charge is -2.09. The Morgan fingerprint density at radius 2 is 2.00 bits per heavy atom. The number of ketones is 1. The first-order valence-electron chi connectivity index (χ1n) is 9.09. The number of amides is 1. The number of para-hydroxylation sites is 1. The molecule has 8 heteroatoms. The summed E-state index contributed by atoms with van der Waals surface area (Å²) in [5, 5.41) is 12.1. The van der Waals surface area contributed by atoms with E-state index >= 15 is 0 Å². The zero-order valence-corrected chi connectivity index (χ0v) is 16.7. The number of rotatable bonds is 9. The molecule has 0 bridgehead atoms. The van der Waals surface area contributed by atoms with Gasteiger partial charge in [0.1, 0.15) is 0 Å². The Morgan fingerprint density at radius 3 is 2.71 bits per heavy atom.